The third-order valence-electron chi connectivity index (χ3n) is 10.7. The minimum absolute atomic E-state index is 0.496. The third kappa shape index (κ3) is 6.79. The van der Waals surface area contributed by atoms with Gasteiger partial charge in [-0.05, 0) is 0 Å². The molecule has 0 radical (unpaired) electrons. The van der Waals surface area contributed by atoms with E-state index in [0.29, 0.717) is 30.9 Å². The van der Waals surface area contributed by atoms with Crippen molar-refractivity contribution in [3.05, 3.63) is 129 Å². The van der Waals surface area contributed by atoms with Crippen LogP contribution in [0.15, 0.2) is 96.1 Å². The number of hydrogen-bond acceptors (Lipinski definition) is 0. The van der Waals surface area contributed by atoms with Gasteiger partial charge in [-0.3, -0.25) is 0 Å². The predicted molar refractivity (Wildman–Crippen MR) is 211 cm³/mol. The van der Waals surface area contributed by atoms with Crippen molar-refractivity contribution >= 4 is 18.1 Å². The number of rotatable bonds is 11. The van der Waals surface area contributed by atoms with Crippen LogP contribution in [0.3, 0.4) is 0 Å². The monoisotopic (exact) mass is 727 g/mol. The molecule has 2 unspecified atom stereocenters. The molecule has 0 aliphatic heterocycles. The van der Waals surface area contributed by atoms with Gasteiger partial charge in [-0.15, -0.1) is 0 Å². The maximum atomic E-state index is 2.72. The van der Waals surface area contributed by atoms with Crippen LogP contribution in [0.4, 0.5) is 0 Å². The van der Waals surface area contributed by atoms with Gasteiger partial charge < -0.3 is 0 Å². The Kier molecular flexibility index (Phi) is 10.8. The molecule has 0 heterocycles. The number of benzene rings is 4. The molecule has 4 aromatic rings. The van der Waals surface area contributed by atoms with Crippen LogP contribution in [0.25, 0.3) is 34.4 Å². The van der Waals surface area contributed by atoms with Gasteiger partial charge in [-0.25, -0.2) is 0 Å². The van der Waals surface area contributed by atoms with Crippen LogP contribution < -0.4 is 0 Å². The Labute approximate surface area is 301 Å². The van der Waals surface area contributed by atoms with Crippen molar-refractivity contribution < 1.29 is 20.9 Å². The summed E-state index contributed by atoms with van der Waals surface area (Å²) in [6.07, 6.45) is 7.81. The molecule has 0 fully saturated rings. The second-order valence-electron chi connectivity index (χ2n) is 16.3. The fourth-order valence-corrected chi connectivity index (χ4v) is 31.5. The third-order valence-corrected chi connectivity index (χ3v) is 32.4. The van der Waals surface area contributed by atoms with Crippen LogP contribution in [0, 0.1) is 11.8 Å². The van der Waals surface area contributed by atoms with Crippen LogP contribution in [0.5, 0.6) is 0 Å². The molecule has 0 spiro atoms. The first-order valence-corrected chi connectivity index (χ1v) is 28.7. The second kappa shape index (κ2) is 14.7. The van der Waals surface area contributed by atoms with Crippen molar-refractivity contribution in [3.8, 4) is 22.3 Å². The molecule has 2 aliphatic carbocycles. The molecule has 0 saturated carbocycles. The van der Waals surface area contributed by atoms with Gasteiger partial charge in [0.05, 0.1) is 0 Å². The first-order valence-electron chi connectivity index (χ1n) is 18.7. The molecule has 0 aromatic heterocycles. The van der Waals surface area contributed by atoms with Crippen LogP contribution in [0.1, 0.15) is 121 Å². The zero-order valence-corrected chi connectivity index (χ0v) is 34.8. The van der Waals surface area contributed by atoms with E-state index in [9.17, 15) is 0 Å². The van der Waals surface area contributed by atoms with Gasteiger partial charge in [-0.2, -0.15) is 0 Å². The molecule has 0 N–H and O–H groups in total. The van der Waals surface area contributed by atoms with E-state index < -0.39 is 26.8 Å². The molecule has 0 saturated heterocycles. The Morgan fingerprint density at radius 2 is 0.875 bits per heavy atom. The van der Waals surface area contributed by atoms with E-state index in [0.717, 1.165) is 0 Å². The average molecular weight is 729 g/mol. The first kappa shape index (κ1) is 35.3. The molecule has 249 valence electrons. The minimum atomic E-state index is -2.25. The van der Waals surface area contributed by atoms with Crippen LogP contribution in [-0.2, 0) is 20.9 Å². The number of hydrogen-bond donors (Lipinski definition) is 0. The average Bonchev–Trinajstić information content (AvgIpc) is 3.58. The van der Waals surface area contributed by atoms with E-state index in [-0.39, 0.29) is 0 Å². The summed E-state index contributed by atoms with van der Waals surface area (Å²) in [5.41, 5.74) is 18.6. The van der Waals surface area contributed by atoms with E-state index >= 15 is 0 Å². The standard InChI is InChI=1S/2C22H25.C2H7Si.Zr/c2*1-15(2)12-17-13-18-8-7-11-21(22(18)14-17)20-10-6-5-9-19(20)16(3)4;1-3-2;/h2*5-11,13-16H,12H2,1-4H3;3H,1-2H3;. The molecule has 4 aromatic carbocycles. The van der Waals surface area contributed by atoms with E-state index in [2.05, 4.69) is 166 Å². The second-order valence-corrected chi connectivity index (χ2v) is 36.3. The molecule has 0 bridgehead atoms. The topological polar surface area (TPSA) is 0 Å². The van der Waals surface area contributed by atoms with Gasteiger partial charge in [0, 0.05) is 0 Å². The SMILES string of the molecule is CC(C)CC1=Cc2c(-c3ccccc3C(C)C)cccc2[CH]1[Zr]([CH]1C(CC(C)C)=Cc2c(-c3ccccc3C(C)C)cccc21)[SiH](C)C. The molecule has 2 atom stereocenters. The summed E-state index contributed by atoms with van der Waals surface area (Å²) >= 11 is -2.25. The maximum absolute atomic E-state index is 2.72. The normalized spacial score (nSPS) is 17.1. The number of allylic oxidation sites excluding steroid dienone is 2. The zero-order valence-electron chi connectivity index (χ0n) is 31.2. The summed E-state index contributed by atoms with van der Waals surface area (Å²) in [6, 6.07) is 33.0. The summed E-state index contributed by atoms with van der Waals surface area (Å²) in [5.74, 6) is 1.30. The summed E-state index contributed by atoms with van der Waals surface area (Å²) in [6.45, 7) is 24.5. The van der Waals surface area contributed by atoms with E-state index in [1.54, 1.807) is 22.3 Å². The molecule has 0 amide bonds. The summed E-state index contributed by atoms with van der Waals surface area (Å²) in [7, 11) is 0. The van der Waals surface area contributed by atoms with Crippen LogP contribution in [-0.4, -0.2) is 5.92 Å². The Morgan fingerprint density at radius 1 is 0.500 bits per heavy atom. The van der Waals surface area contributed by atoms with Gasteiger partial charge in [0.2, 0.25) is 0 Å². The van der Waals surface area contributed by atoms with Crippen LogP contribution in [0.2, 0.25) is 13.1 Å². The number of fused-ring (bicyclic) bond motifs is 2. The molecule has 0 nitrogen and oxygen atoms in total. The Morgan fingerprint density at radius 3 is 1.23 bits per heavy atom. The van der Waals surface area contributed by atoms with Crippen molar-refractivity contribution in [1.82, 2.24) is 0 Å². The molecular weight excluding hydrogens is 672 g/mol. The fraction of sp³-hybridized carbons (Fsp3) is 0.391. The summed E-state index contributed by atoms with van der Waals surface area (Å²) in [5, 5.41) is 0. The van der Waals surface area contributed by atoms with Gasteiger partial charge in [-0.1, -0.05) is 0 Å². The van der Waals surface area contributed by atoms with Crippen LogP contribution >= 0.6 is 0 Å². The first-order chi connectivity index (χ1) is 23.0. The molecule has 2 aliphatic rings. The summed E-state index contributed by atoms with van der Waals surface area (Å²) in [4.78, 5) is 0. The van der Waals surface area contributed by atoms with Gasteiger partial charge in [0.25, 0.3) is 0 Å². The van der Waals surface area contributed by atoms with Gasteiger partial charge in [0.1, 0.15) is 0 Å². The fourth-order valence-electron chi connectivity index (χ4n) is 8.81. The zero-order chi connectivity index (χ0) is 34.3. The molecule has 6 rings (SSSR count). The molecule has 48 heavy (non-hydrogen) atoms. The van der Waals surface area contributed by atoms with Crippen molar-refractivity contribution in [2.45, 2.75) is 100 Å². The Balaban J connectivity index is 1.55. The van der Waals surface area contributed by atoms with Crippen molar-refractivity contribution in [2.75, 3.05) is 0 Å². The van der Waals surface area contributed by atoms with E-state index in [4.69, 9.17) is 0 Å². The molecule has 2 heteroatoms. The van der Waals surface area contributed by atoms with E-state index in [1.165, 1.54) is 57.3 Å². The van der Waals surface area contributed by atoms with E-state index in [1.807, 2.05) is 0 Å². The quantitative estimate of drug-likeness (QED) is 0.135. The van der Waals surface area contributed by atoms with Gasteiger partial charge >= 0.3 is 303 Å². The molecular formula is C46H57SiZr. The summed E-state index contributed by atoms with van der Waals surface area (Å²) < 4.78 is 1.31. The van der Waals surface area contributed by atoms with Gasteiger partial charge in [0.15, 0.2) is 0 Å². The Bertz CT molecular complexity index is 1700. The predicted octanol–water partition coefficient (Wildman–Crippen LogP) is 13.5. The Hall–Kier alpha value is -2.54. The van der Waals surface area contributed by atoms with Crippen molar-refractivity contribution in [2.24, 2.45) is 11.8 Å². The van der Waals surface area contributed by atoms with Crippen molar-refractivity contribution in [3.63, 3.8) is 0 Å². The van der Waals surface area contributed by atoms with Crippen molar-refractivity contribution in [1.29, 1.82) is 0 Å².